The molecule has 5 nitrogen and oxygen atoms in total. The number of thiophene rings is 1. The summed E-state index contributed by atoms with van der Waals surface area (Å²) in [6.45, 7) is 8.02. The van der Waals surface area contributed by atoms with Gasteiger partial charge in [-0.15, -0.1) is 23.1 Å². The van der Waals surface area contributed by atoms with Gasteiger partial charge < -0.3 is 9.64 Å². The van der Waals surface area contributed by atoms with Gasteiger partial charge in [-0.25, -0.2) is 15.0 Å². The molecule has 0 atom stereocenters. The van der Waals surface area contributed by atoms with Crippen molar-refractivity contribution in [1.29, 1.82) is 0 Å². The number of morpholine rings is 1. The summed E-state index contributed by atoms with van der Waals surface area (Å²) in [6, 6.07) is 0. The Hall–Kier alpha value is -1.44. The van der Waals surface area contributed by atoms with E-state index in [4.69, 9.17) is 14.7 Å². The summed E-state index contributed by atoms with van der Waals surface area (Å²) in [4.78, 5) is 18.1. The van der Waals surface area contributed by atoms with Crippen LogP contribution in [0.1, 0.15) is 44.2 Å². The minimum atomic E-state index is 0.715. The highest BCUT2D eigenvalue weighted by Gasteiger charge is 2.26. The molecule has 0 saturated carbocycles. The van der Waals surface area contributed by atoms with Crippen LogP contribution in [0.3, 0.4) is 0 Å². The Morgan fingerprint density at radius 2 is 1.93 bits per heavy atom. The van der Waals surface area contributed by atoms with Gasteiger partial charge in [0.2, 0.25) is 0 Å². The second-order valence-electron chi connectivity index (χ2n) is 8.37. The largest absolute Gasteiger partial charge is 0.378 e. The number of anilines is 1. The van der Waals surface area contributed by atoms with Crippen molar-refractivity contribution in [3.8, 4) is 0 Å². The smallest absolute Gasteiger partial charge is 0.133 e. The summed E-state index contributed by atoms with van der Waals surface area (Å²) in [5.41, 5.74) is 4.06. The van der Waals surface area contributed by atoms with Crippen LogP contribution in [0.4, 0.5) is 5.82 Å². The molecule has 4 heterocycles. The molecule has 0 N–H and O–H groups in total. The van der Waals surface area contributed by atoms with Crippen LogP contribution in [-0.2, 0) is 17.6 Å². The average Bonchev–Trinajstić information content (AvgIpc) is 3.13. The zero-order valence-electron chi connectivity index (χ0n) is 17.2. The lowest BCUT2D eigenvalue weighted by molar-refractivity contribution is 0.122. The molecule has 1 aliphatic carbocycles. The molecular weight excluding hydrogens is 400 g/mol. The first-order valence-electron chi connectivity index (χ1n) is 10.8. The predicted octanol–water partition coefficient (Wildman–Crippen LogP) is 5.09. The zero-order valence-corrected chi connectivity index (χ0v) is 18.9. The zero-order chi connectivity index (χ0) is 19.8. The Morgan fingerprint density at radius 3 is 2.72 bits per heavy atom. The van der Waals surface area contributed by atoms with Gasteiger partial charge in [-0.2, -0.15) is 0 Å². The number of fused-ring (bicyclic) bond motifs is 5. The van der Waals surface area contributed by atoms with Crippen molar-refractivity contribution in [3.05, 3.63) is 17.5 Å². The lowest BCUT2D eigenvalue weighted by Gasteiger charge is -2.31. The minimum Gasteiger partial charge on any atom is -0.378 e. The monoisotopic (exact) mass is 428 g/mol. The Kier molecular flexibility index (Phi) is 5.63. The van der Waals surface area contributed by atoms with Gasteiger partial charge in [0.15, 0.2) is 0 Å². The quantitative estimate of drug-likeness (QED) is 0.417. The number of aryl methyl sites for hydroxylation is 1. The molecule has 5 rings (SSSR count). The van der Waals surface area contributed by atoms with E-state index in [1.165, 1.54) is 46.3 Å². The molecule has 0 bridgehead atoms. The third kappa shape index (κ3) is 3.73. The number of hydrogen-bond donors (Lipinski definition) is 0. The van der Waals surface area contributed by atoms with Crippen molar-refractivity contribution < 1.29 is 4.74 Å². The molecule has 0 radical (unpaired) electrons. The van der Waals surface area contributed by atoms with Crippen LogP contribution in [0, 0.1) is 5.92 Å². The van der Waals surface area contributed by atoms with Gasteiger partial charge in [-0.1, -0.05) is 13.8 Å². The topological polar surface area (TPSA) is 51.1 Å². The van der Waals surface area contributed by atoms with Crippen LogP contribution in [0.15, 0.2) is 11.4 Å². The van der Waals surface area contributed by atoms with Crippen molar-refractivity contribution in [2.24, 2.45) is 5.92 Å². The van der Waals surface area contributed by atoms with Crippen LogP contribution in [-0.4, -0.2) is 47.0 Å². The molecule has 3 aromatic heterocycles. The highest BCUT2D eigenvalue weighted by Crippen LogP contribution is 2.43. The van der Waals surface area contributed by atoms with E-state index in [2.05, 4.69) is 23.7 Å². The van der Waals surface area contributed by atoms with Crippen molar-refractivity contribution in [3.63, 3.8) is 0 Å². The van der Waals surface area contributed by atoms with Crippen LogP contribution < -0.4 is 4.90 Å². The Morgan fingerprint density at radius 1 is 1.14 bits per heavy atom. The molecule has 0 aromatic carbocycles. The van der Waals surface area contributed by atoms with Crippen LogP contribution in [0.5, 0.6) is 0 Å². The van der Waals surface area contributed by atoms with Crippen molar-refractivity contribution in [2.75, 3.05) is 37.0 Å². The Labute approximate surface area is 180 Å². The molecule has 1 saturated heterocycles. The van der Waals surface area contributed by atoms with Crippen LogP contribution in [0.25, 0.3) is 20.4 Å². The molecule has 0 amide bonds. The summed E-state index contributed by atoms with van der Waals surface area (Å²) in [5.74, 6) is 3.01. The van der Waals surface area contributed by atoms with Gasteiger partial charge in [0.1, 0.15) is 22.0 Å². The lowest BCUT2D eigenvalue weighted by atomic mass is 9.90. The SMILES string of the molecule is CC(C)CCSc1ncnc2c1sc1nc(N3CCOCC3)c3c(c12)CCCC3. The first-order valence-corrected chi connectivity index (χ1v) is 12.6. The summed E-state index contributed by atoms with van der Waals surface area (Å²) in [5, 5.41) is 2.42. The summed E-state index contributed by atoms with van der Waals surface area (Å²) in [7, 11) is 0. The predicted molar refractivity (Wildman–Crippen MR) is 123 cm³/mol. The van der Waals surface area contributed by atoms with E-state index in [0.717, 1.165) is 60.3 Å². The Bertz CT molecular complexity index is 1030. The van der Waals surface area contributed by atoms with Crippen LogP contribution in [0.2, 0.25) is 0 Å². The first-order chi connectivity index (χ1) is 14.2. The number of ether oxygens (including phenoxy) is 1. The minimum absolute atomic E-state index is 0.715. The maximum absolute atomic E-state index is 5.58. The fourth-order valence-electron chi connectivity index (χ4n) is 4.35. The number of aromatic nitrogens is 3. The number of pyridine rings is 1. The van der Waals surface area contributed by atoms with Gasteiger partial charge >= 0.3 is 0 Å². The fraction of sp³-hybridized carbons (Fsp3) is 0.591. The normalized spacial score (nSPS) is 17.4. The van der Waals surface area contributed by atoms with E-state index in [9.17, 15) is 0 Å². The van der Waals surface area contributed by atoms with Crippen molar-refractivity contribution >= 4 is 49.3 Å². The van der Waals surface area contributed by atoms with Gasteiger partial charge in [0.25, 0.3) is 0 Å². The van der Waals surface area contributed by atoms with E-state index in [1.807, 2.05) is 11.8 Å². The molecule has 1 fully saturated rings. The molecule has 0 spiro atoms. The van der Waals surface area contributed by atoms with Crippen LogP contribution >= 0.6 is 23.1 Å². The second-order valence-corrected chi connectivity index (χ2v) is 10.5. The van der Waals surface area contributed by atoms with Gasteiger partial charge in [0, 0.05) is 18.5 Å². The summed E-state index contributed by atoms with van der Waals surface area (Å²) >= 11 is 3.65. The van der Waals surface area contributed by atoms with E-state index >= 15 is 0 Å². The number of rotatable bonds is 5. The average molecular weight is 429 g/mol. The van der Waals surface area contributed by atoms with Gasteiger partial charge in [0.05, 0.1) is 23.4 Å². The molecule has 7 heteroatoms. The van der Waals surface area contributed by atoms with Gasteiger partial charge in [-0.05, 0) is 54.9 Å². The fourth-order valence-corrected chi connectivity index (χ4v) is 6.82. The second kappa shape index (κ2) is 8.36. The maximum Gasteiger partial charge on any atom is 0.133 e. The molecular formula is C22H28N4OS2. The molecule has 3 aromatic rings. The summed E-state index contributed by atoms with van der Waals surface area (Å²) < 4.78 is 6.80. The molecule has 154 valence electrons. The number of nitrogens with zero attached hydrogens (tertiary/aromatic N) is 4. The molecule has 0 unspecified atom stereocenters. The molecule has 2 aliphatic rings. The highest BCUT2D eigenvalue weighted by molar-refractivity contribution is 7.99. The maximum atomic E-state index is 5.58. The number of thioether (sulfide) groups is 1. The van der Waals surface area contributed by atoms with E-state index < -0.39 is 0 Å². The molecule has 1 aliphatic heterocycles. The highest BCUT2D eigenvalue weighted by atomic mass is 32.2. The first kappa shape index (κ1) is 19.5. The van der Waals surface area contributed by atoms with Gasteiger partial charge in [-0.3, -0.25) is 0 Å². The summed E-state index contributed by atoms with van der Waals surface area (Å²) in [6.07, 6.45) is 7.73. The third-order valence-electron chi connectivity index (χ3n) is 5.91. The van der Waals surface area contributed by atoms with Crippen molar-refractivity contribution in [1.82, 2.24) is 15.0 Å². The lowest BCUT2D eigenvalue weighted by Crippen LogP contribution is -2.37. The van der Waals surface area contributed by atoms with E-state index in [0.29, 0.717) is 5.92 Å². The standard InChI is InChI=1S/C22H28N4OS2/c1-14(2)7-12-28-22-19-18(23-13-24-22)17-15-5-3-4-6-16(15)20(25-21(17)29-19)26-8-10-27-11-9-26/h13-14H,3-12H2,1-2H3. The van der Waals surface area contributed by atoms with E-state index in [-0.39, 0.29) is 0 Å². The Balaban J connectivity index is 1.64. The van der Waals surface area contributed by atoms with Crippen molar-refractivity contribution in [2.45, 2.75) is 51.0 Å². The molecule has 29 heavy (non-hydrogen) atoms. The number of hydrogen-bond acceptors (Lipinski definition) is 7. The van der Waals surface area contributed by atoms with E-state index in [1.54, 1.807) is 17.7 Å². The third-order valence-corrected chi connectivity index (χ3v) is 8.14.